The Morgan fingerprint density at radius 1 is 0.933 bits per heavy atom. The highest BCUT2D eigenvalue weighted by Gasteiger charge is 2.22. The summed E-state index contributed by atoms with van der Waals surface area (Å²) in [6, 6.07) is 14.8. The van der Waals surface area contributed by atoms with Gasteiger partial charge in [-0.2, -0.15) is 4.37 Å². The van der Waals surface area contributed by atoms with Gasteiger partial charge in [0.2, 0.25) is 0 Å². The first-order valence-electron chi connectivity index (χ1n) is 9.09. The van der Waals surface area contributed by atoms with E-state index in [0.29, 0.717) is 18.0 Å². The largest absolute Gasteiger partial charge is 0.493 e. The number of hydrogen-bond acceptors (Lipinski definition) is 7. The van der Waals surface area contributed by atoms with E-state index in [4.69, 9.17) is 15.2 Å². The summed E-state index contributed by atoms with van der Waals surface area (Å²) in [5, 5.41) is 5.54. The number of carbonyl (C=O) groups excluding carboxylic acids is 2. The predicted molar refractivity (Wildman–Crippen MR) is 115 cm³/mol. The molecule has 3 aromatic rings. The molecule has 0 spiro atoms. The van der Waals surface area contributed by atoms with Gasteiger partial charge in [-0.05, 0) is 34.8 Å². The van der Waals surface area contributed by atoms with Gasteiger partial charge in [0.15, 0.2) is 17.2 Å². The number of anilines is 1. The van der Waals surface area contributed by atoms with E-state index in [0.717, 1.165) is 22.7 Å². The lowest BCUT2D eigenvalue weighted by molar-refractivity contribution is 0.0946. The van der Waals surface area contributed by atoms with Gasteiger partial charge in [0.25, 0.3) is 11.8 Å². The Bertz CT molecular complexity index is 1040. The van der Waals surface area contributed by atoms with Crippen molar-refractivity contribution in [3.8, 4) is 11.5 Å². The molecule has 30 heavy (non-hydrogen) atoms. The van der Waals surface area contributed by atoms with Gasteiger partial charge in [-0.15, -0.1) is 0 Å². The molecule has 156 valence electrons. The molecule has 0 aliphatic rings. The van der Waals surface area contributed by atoms with E-state index in [1.165, 1.54) is 0 Å². The summed E-state index contributed by atoms with van der Waals surface area (Å²) >= 11 is 0.891. The second kappa shape index (κ2) is 9.75. The number of aromatic nitrogens is 1. The first kappa shape index (κ1) is 21.1. The number of amides is 2. The number of benzene rings is 2. The maximum atomic E-state index is 12.5. The zero-order chi connectivity index (χ0) is 21.5. The van der Waals surface area contributed by atoms with E-state index in [9.17, 15) is 9.59 Å². The zero-order valence-corrected chi connectivity index (χ0v) is 17.4. The number of nitrogen functional groups attached to an aromatic ring is 1. The second-order valence-corrected chi connectivity index (χ2v) is 7.09. The molecule has 0 unspecified atom stereocenters. The summed E-state index contributed by atoms with van der Waals surface area (Å²) in [7, 11) is 3.10. The molecule has 0 saturated carbocycles. The van der Waals surface area contributed by atoms with E-state index in [2.05, 4.69) is 15.0 Å². The number of carbonyl (C=O) groups is 2. The van der Waals surface area contributed by atoms with E-state index in [1.54, 1.807) is 26.4 Å². The molecule has 0 radical (unpaired) electrons. The van der Waals surface area contributed by atoms with Crippen molar-refractivity contribution >= 4 is 29.0 Å². The van der Waals surface area contributed by atoms with Gasteiger partial charge in [-0.25, -0.2) is 0 Å². The highest BCUT2D eigenvalue weighted by Crippen LogP contribution is 2.27. The monoisotopic (exact) mass is 426 g/mol. The molecule has 2 aromatic carbocycles. The highest BCUT2D eigenvalue weighted by molar-refractivity contribution is 7.09. The molecule has 9 heteroatoms. The third kappa shape index (κ3) is 4.87. The maximum absolute atomic E-state index is 12.5. The van der Waals surface area contributed by atoms with E-state index in [-0.39, 0.29) is 22.8 Å². The first-order chi connectivity index (χ1) is 14.5. The fourth-order valence-corrected chi connectivity index (χ4v) is 3.45. The summed E-state index contributed by atoms with van der Waals surface area (Å²) in [5.74, 6) is 0.345. The van der Waals surface area contributed by atoms with Crippen molar-refractivity contribution in [1.29, 1.82) is 0 Å². The number of nitrogens with one attached hydrogen (secondary N) is 2. The van der Waals surface area contributed by atoms with Crippen LogP contribution in [0.2, 0.25) is 0 Å². The molecule has 0 aliphatic heterocycles. The molecule has 3 rings (SSSR count). The van der Waals surface area contributed by atoms with Crippen molar-refractivity contribution in [2.45, 2.75) is 13.1 Å². The predicted octanol–water partition coefficient (Wildman–Crippen LogP) is 2.60. The van der Waals surface area contributed by atoms with E-state index in [1.807, 2.05) is 36.4 Å². The third-order valence-electron chi connectivity index (χ3n) is 4.35. The lowest BCUT2D eigenvalue weighted by Crippen LogP contribution is -2.25. The quantitative estimate of drug-likeness (QED) is 0.510. The molecule has 1 heterocycles. The fourth-order valence-electron chi connectivity index (χ4n) is 2.74. The van der Waals surface area contributed by atoms with Gasteiger partial charge >= 0.3 is 0 Å². The Balaban J connectivity index is 1.62. The Kier molecular flexibility index (Phi) is 6.87. The summed E-state index contributed by atoms with van der Waals surface area (Å²) < 4.78 is 14.5. The molecule has 0 fully saturated rings. The van der Waals surface area contributed by atoms with Crippen LogP contribution in [-0.2, 0) is 13.1 Å². The van der Waals surface area contributed by atoms with Crippen LogP contribution in [-0.4, -0.2) is 30.4 Å². The highest BCUT2D eigenvalue weighted by atomic mass is 32.1. The Morgan fingerprint density at radius 3 is 2.30 bits per heavy atom. The Labute approximate surface area is 178 Å². The van der Waals surface area contributed by atoms with Crippen LogP contribution in [0.1, 0.15) is 31.3 Å². The van der Waals surface area contributed by atoms with Crippen molar-refractivity contribution in [3.63, 3.8) is 0 Å². The van der Waals surface area contributed by atoms with Crippen molar-refractivity contribution in [2.75, 3.05) is 20.0 Å². The van der Waals surface area contributed by atoms with Gasteiger partial charge in [0.05, 0.1) is 19.9 Å². The van der Waals surface area contributed by atoms with E-state index >= 15 is 0 Å². The molecule has 8 nitrogen and oxygen atoms in total. The topological polar surface area (TPSA) is 116 Å². The summed E-state index contributed by atoms with van der Waals surface area (Å²) in [6.45, 7) is 0.601. The standard InChI is InChI=1S/C21H22N4O4S/c1-28-15-9-8-14(10-16(15)29-2)12-24-21(27)19-17(22)18(25-30-19)20(26)23-11-13-6-4-3-5-7-13/h3-10H,11-12,22H2,1-2H3,(H,23,26)(H,24,27). The van der Waals surface area contributed by atoms with Crippen LogP contribution in [0.15, 0.2) is 48.5 Å². The number of hydrogen-bond donors (Lipinski definition) is 3. The van der Waals surface area contributed by atoms with Crippen molar-refractivity contribution < 1.29 is 19.1 Å². The minimum absolute atomic E-state index is 0.0483. The Morgan fingerprint density at radius 2 is 1.60 bits per heavy atom. The number of methoxy groups -OCH3 is 2. The third-order valence-corrected chi connectivity index (χ3v) is 5.21. The number of rotatable bonds is 8. The second-order valence-electron chi connectivity index (χ2n) is 6.31. The summed E-state index contributed by atoms with van der Waals surface area (Å²) in [5.41, 5.74) is 7.91. The minimum atomic E-state index is -0.424. The molecule has 1 aromatic heterocycles. The average Bonchev–Trinajstić information content (AvgIpc) is 3.17. The molecule has 0 atom stereocenters. The minimum Gasteiger partial charge on any atom is -0.493 e. The number of ether oxygens (including phenoxy) is 2. The lowest BCUT2D eigenvalue weighted by Gasteiger charge is -2.10. The summed E-state index contributed by atoms with van der Waals surface area (Å²) in [6.07, 6.45) is 0. The van der Waals surface area contributed by atoms with Gasteiger partial charge in [0.1, 0.15) is 4.88 Å². The smallest absolute Gasteiger partial charge is 0.273 e. The van der Waals surface area contributed by atoms with Gasteiger partial charge < -0.3 is 25.8 Å². The molecular formula is C21H22N4O4S. The van der Waals surface area contributed by atoms with Crippen LogP contribution in [0, 0.1) is 0 Å². The van der Waals surface area contributed by atoms with Crippen LogP contribution in [0.25, 0.3) is 0 Å². The van der Waals surface area contributed by atoms with Crippen molar-refractivity contribution in [1.82, 2.24) is 15.0 Å². The normalized spacial score (nSPS) is 10.3. The molecule has 2 amide bonds. The van der Waals surface area contributed by atoms with Gasteiger partial charge in [0, 0.05) is 13.1 Å². The zero-order valence-electron chi connectivity index (χ0n) is 16.6. The maximum Gasteiger partial charge on any atom is 0.273 e. The van der Waals surface area contributed by atoms with Crippen LogP contribution in [0.4, 0.5) is 5.69 Å². The van der Waals surface area contributed by atoms with Gasteiger partial charge in [-0.3, -0.25) is 9.59 Å². The fraction of sp³-hybridized carbons (Fsp3) is 0.190. The molecule has 0 aliphatic carbocycles. The number of nitrogens with zero attached hydrogens (tertiary/aromatic N) is 1. The molecular weight excluding hydrogens is 404 g/mol. The molecule has 0 saturated heterocycles. The van der Waals surface area contributed by atoms with Crippen LogP contribution >= 0.6 is 11.5 Å². The summed E-state index contributed by atoms with van der Waals surface area (Å²) in [4.78, 5) is 25.1. The van der Waals surface area contributed by atoms with Crippen LogP contribution < -0.4 is 25.8 Å². The van der Waals surface area contributed by atoms with Crippen LogP contribution in [0.5, 0.6) is 11.5 Å². The average molecular weight is 426 g/mol. The Hall–Kier alpha value is -3.59. The van der Waals surface area contributed by atoms with Crippen molar-refractivity contribution in [3.05, 3.63) is 70.2 Å². The number of nitrogens with two attached hydrogens (primary N) is 1. The first-order valence-corrected chi connectivity index (χ1v) is 9.87. The van der Waals surface area contributed by atoms with Crippen LogP contribution in [0.3, 0.4) is 0 Å². The van der Waals surface area contributed by atoms with E-state index < -0.39 is 11.8 Å². The van der Waals surface area contributed by atoms with Crippen molar-refractivity contribution in [2.24, 2.45) is 0 Å². The lowest BCUT2D eigenvalue weighted by atomic mass is 10.2. The molecule has 0 bridgehead atoms. The van der Waals surface area contributed by atoms with Gasteiger partial charge in [-0.1, -0.05) is 36.4 Å². The molecule has 4 N–H and O–H groups in total. The SMILES string of the molecule is COc1ccc(CNC(=O)c2snc(C(=O)NCc3ccccc3)c2N)cc1OC.